The molecule has 0 N–H and O–H groups in total. The van der Waals surface area contributed by atoms with Crippen LogP contribution in [0.25, 0.3) is 0 Å². The van der Waals surface area contributed by atoms with Crippen molar-refractivity contribution < 1.29 is 26.7 Å². The first-order chi connectivity index (χ1) is 14.4. The summed E-state index contributed by atoms with van der Waals surface area (Å²) in [5.41, 5.74) is 0.555. The molecule has 3 rings (SSSR count). The quantitative estimate of drug-likeness (QED) is 0.238. The van der Waals surface area contributed by atoms with E-state index in [4.69, 9.17) is 4.74 Å². The van der Waals surface area contributed by atoms with E-state index in [0.29, 0.717) is 11.5 Å². The Balaban J connectivity index is 1.62. The van der Waals surface area contributed by atoms with Gasteiger partial charge in [0.05, 0.1) is 0 Å². The third-order valence-corrected chi connectivity index (χ3v) is 5.98. The van der Waals surface area contributed by atoms with Gasteiger partial charge in [-0.15, -0.1) is 0 Å². The van der Waals surface area contributed by atoms with Crippen LogP contribution in [-0.4, -0.2) is 0 Å². The molecule has 0 heterocycles. The minimum atomic E-state index is -1.60. The molecular formula is C24H27F5O. The number of benzene rings is 2. The summed E-state index contributed by atoms with van der Waals surface area (Å²) in [6.07, 6.45) is 8.86. The number of unbranched alkanes of at least 4 members (excludes halogenated alkanes) is 2. The monoisotopic (exact) mass is 426 g/mol. The molecule has 164 valence electrons. The van der Waals surface area contributed by atoms with E-state index in [2.05, 4.69) is 6.92 Å². The van der Waals surface area contributed by atoms with Crippen LogP contribution in [0.1, 0.15) is 75.3 Å². The summed E-state index contributed by atoms with van der Waals surface area (Å²) >= 11 is 0. The van der Waals surface area contributed by atoms with Crippen molar-refractivity contribution in [3.05, 3.63) is 64.5 Å². The summed E-state index contributed by atoms with van der Waals surface area (Å²) in [5, 5.41) is 0. The first kappa shape index (κ1) is 22.6. The first-order valence-electron chi connectivity index (χ1n) is 10.6. The van der Waals surface area contributed by atoms with Crippen LogP contribution in [0.4, 0.5) is 22.0 Å². The molecule has 2 aromatic rings. The fraction of sp³-hybridized carbons (Fsp3) is 0.500. The van der Waals surface area contributed by atoms with Crippen molar-refractivity contribution in [2.24, 2.45) is 5.92 Å². The summed E-state index contributed by atoms with van der Waals surface area (Å²) in [7, 11) is 0. The van der Waals surface area contributed by atoms with Gasteiger partial charge in [-0.25, -0.2) is 22.0 Å². The van der Waals surface area contributed by atoms with Gasteiger partial charge in [0.2, 0.25) is 0 Å². The molecule has 1 fully saturated rings. The molecule has 0 unspecified atom stereocenters. The maximum atomic E-state index is 14.5. The third-order valence-electron chi connectivity index (χ3n) is 5.98. The van der Waals surface area contributed by atoms with Crippen molar-refractivity contribution in [3.63, 3.8) is 0 Å². The number of halogens is 5. The van der Waals surface area contributed by atoms with Crippen LogP contribution in [0.5, 0.6) is 5.75 Å². The molecule has 1 aliphatic carbocycles. The zero-order valence-corrected chi connectivity index (χ0v) is 17.1. The van der Waals surface area contributed by atoms with E-state index >= 15 is 0 Å². The molecule has 0 spiro atoms. The van der Waals surface area contributed by atoms with Gasteiger partial charge in [0.1, 0.15) is 6.61 Å². The molecule has 0 aromatic heterocycles. The predicted molar refractivity (Wildman–Crippen MR) is 106 cm³/mol. The smallest absolute Gasteiger partial charge is 0.194 e. The van der Waals surface area contributed by atoms with Gasteiger partial charge in [-0.05, 0) is 72.9 Å². The lowest BCUT2D eigenvalue weighted by atomic mass is 9.77. The van der Waals surface area contributed by atoms with Gasteiger partial charge in [-0.1, -0.05) is 32.6 Å². The van der Waals surface area contributed by atoms with E-state index < -0.39 is 41.4 Å². The molecule has 0 radical (unpaired) electrons. The summed E-state index contributed by atoms with van der Waals surface area (Å²) in [4.78, 5) is 0. The molecule has 30 heavy (non-hydrogen) atoms. The highest BCUT2D eigenvalue weighted by Gasteiger charge is 2.24. The average molecular weight is 426 g/mol. The second-order valence-electron chi connectivity index (χ2n) is 8.19. The second kappa shape index (κ2) is 10.3. The van der Waals surface area contributed by atoms with E-state index in [-0.39, 0.29) is 11.5 Å². The van der Waals surface area contributed by atoms with E-state index in [1.807, 2.05) is 0 Å². The average Bonchev–Trinajstić information content (AvgIpc) is 2.72. The lowest BCUT2D eigenvalue weighted by Gasteiger charge is -2.29. The fourth-order valence-electron chi connectivity index (χ4n) is 4.27. The maximum Gasteiger partial charge on any atom is 0.194 e. The van der Waals surface area contributed by atoms with E-state index in [0.717, 1.165) is 37.8 Å². The van der Waals surface area contributed by atoms with E-state index in [1.54, 1.807) is 0 Å². The normalized spacial score (nSPS) is 19.1. The van der Waals surface area contributed by atoms with Crippen LogP contribution < -0.4 is 4.74 Å². The molecule has 1 nitrogen and oxygen atoms in total. The van der Waals surface area contributed by atoms with Crippen molar-refractivity contribution in [2.45, 2.75) is 70.8 Å². The molecule has 6 heteroatoms. The van der Waals surface area contributed by atoms with E-state index in [9.17, 15) is 22.0 Å². The van der Waals surface area contributed by atoms with Crippen LogP contribution in [0.3, 0.4) is 0 Å². The van der Waals surface area contributed by atoms with Crippen molar-refractivity contribution in [1.29, 1.82) is 0 Å². The number of ether oxygens (including phenoxy) is 1. The lowest BCUT2D eigenvalue weighted by Crippen LogP contribution is -2.14. The third kappa shape index (κ3) is 5.52. The molecule has 1 aliphatic rings. The van der Waals surface area contributed by atoms with Crippen molar-refractivity contribution in [1.82, 2.24) is 0 Å². The maximum absolute atomic E-state index is 14.5. The van der Waals surface area contributed by atoms with Crippen molar-refractivity contribution in [2.75, 3.05) is 0 Å². The molecule has 0 bridgehead atoms. The standard InChI is InChI=1S/C24H27F5O/c1-2-3-4-5-15-6-8-17(9-7-15)18-12-21(27)24(22(28)13-18)30-14-16-10-19(25)23(29)20(26)11-16/h10-13,15,17H,2-9,14H2,1H3. The minimum Gasteiger partial charge on any atom is -0.483 e. The molecule has 1 saturated carbocycles. The highest BCUT2D eigenvalue weighted by atomic mass is 19.2. The molecule has 0 aliphatic heterocycles. The van der Waals surface area contributed by atoms with Crippen molar-refractivity contribution in [3.8, 4) is 5.75 Å². The van der Waals surface area contributed by atoms with Crippen LogP contribution in [0, 0.1) is 35.0 Å². The largest absolute Gasteiger partial charge is 0.483 e. The van der Waals surface area contributed by atoms with Crippen LogP contribution in [0.2, 0.25) is 0 Å². The second-order valence-corrected chi connectivity index (χ2v) is 8.19. The van der Waals surface area contributed by atoms with Gasteiger partial charge >= 0.3 is 0 Å². The number of hydrogen-bond donors (Lipinski definition) is 0. The zero-order chi connectivity index (χ0) is 21.7. The number of rotatable bonds is 8. The Kier molecular flexibility index (Phi) is 7.73. The molecule has 2 aromatic carbocycles. The van der Waals surface area contributed by atoms with Gasteiger partial charge in [0.15, 0.2) is 34.8 Å². The predicted octanol–water partition coefficient (Wildman–Crippen LogP) is 7.82. The Labute approximate surface area is 174 Å². The highest BCUT2D eigenvalue weighted by Crippen LogP contribution is 2.39. The van der Waals surface area contributed by atoms with Crippen LogP contribution >= 0.6 is 0 Å². The summed E-state index contributed by atoms with van der Waals surface area (Å²) < 4.78 is 73.7. The van der Waals surface area contributed by atoms with Gasteiger partial charge in [-0.2, -0.15) is 0 Å². The molecule has 0 saturated heterocycles. The molecule has 0 amide bonds. The SMILES string of the molecule is CCCCCC1CCC(c2cc(F)c(OCc3cc(F)c(F)c(F)c3)c(F)c2)CC1. The summed E-state index contributed by atoms with van der Waals surface area (Å²) in [6.45, 7) is 1.70. The van der Waals surface area contributed by atoms with Gasteiger partial charge in [-0.3, -0.25) is 0 Å². The van der Waals surface area contributed by atoms with Crippen molar-refractivity contribution >= 4 is 0 Å². The molecule has 0 atom stereocenters. The van der Waals surface area contributed by atoms with Gasteiger partial charge < -0.3 is 4.74 Å². The van der Waals surface area contributed by atoms with Gasteiger partial charge in [0.25, 0.3) is 0 Å². The van der Waals surface area contributed by atoms with Crippen LogP contribution in [0.15, 0.2) is 24.3 Å². The topological polar surface area (TPSA) is 9.23 Å². The van der Waals surface area contributed by atoms with E-state index in [1.165, 1.54) is 37.8 Å². The molecular weight excluding hydrogens is 399 g/mol. The Morgan fingerprint density at radius 1 is 0.800 bits per heavy atom. The minimum absolute atomic E-state index is 0.0596. The number of hydrogen-bond acceptors (Lipinski definition) is 1. The Hall–Kier alpha value is -2.11. The fourth-order valence-corrected chi connectivity index (χ4v) is 4.27. The summed E-state index contributed by atoms with van der Waals surface area (Å²) in [6, 6.07) is 4.04. The lowest BCUT2D eigenvalue weighted by molar-refractivity contribution is 0.270. The zero-order valence-electron chi connectivity index (χ0n) is 17.1. The van der Waals surface area contributed by atoms with Gasteiger partial charge in [0, 0.05) is 0 Å². The Morgan fingerprint density at radius 2 is 1.40 bits per heavy atom. The Bertz CT molecular complexity index is 813. The highest BCUT2D eigenvalue weighted by molar-refractivity contribution is 5.34. The Morgan fingerprint density at radius 3 is 1.97 bits per heavy atom. The first-order valence-corrected chi connectivity index (χ1v) is 10.6. The van der Waals surface area contributed by atoms with Crippen LogP contribution in [-0.2, 0) is 6.61 Å². The summed E-state index contributed by atoms with van der Waals surface area (Å²) in [5.74, 6) is -5.84.